The maximum Gasteiger partial charge on any atom is 0.405 e. The lowest BCUT2D eigenvalue weighted by molar-refractivity contribution is -0.140. The van der Waals surface area contributed by atoms with E-state index >= 15 is 0 Å². The molecule has 102 valence electrons. The second-order valence-electron chi connectivity index (χ2n) is 3.81. The van der Waals surface area contributed by atoms with Gasteiger partial charge in [0.15, 0.2) is 0 Å². The summed E-state index contributed by atoms with van der Waals surface area (Å²) in [5.41, 5.74) is 5.59. The molecule has 8 heteroatoms. The molecule has 0 aromatic carbocycles. The second kappa shape index (κ2) is 7.03. The molecule has 1 amide bonds. The molecule has 3 N–H and O–H groups in total. The van der Waals surface area contributed by atoms with E-state index in [1.807, 2.05) is 0 Å². The van der Waals surface area contributed by atoms with Gasteiger partial charge in [-0.25, -0.2) is 0 Å². The maximum absolute atomic E-state index is 11.8. The minimum atomic E-state index is -4.40. The molecule has 17 heavy (non-hydrogen) atoms. The first-order chi connectivity index (χ1) is 7.40. The molecule has 1 saturated heterocycles. The summed E-state index contributed by atoms with van der Waals surface area (Å²) in [5.74, 6) is -0.841. The van der Waals surface area contributed by atoms with Crippen LogP contribution in [0.25, 0.3) is 0 Å². The van der Waals surface area contributed by atoms with Crippen LogP contribution in [0.15, 0.2) is 0 Å². The van der Waals surface area contributed by atoms with E-state index < -0.39 is 24.7 Å². The molecule has 1 aliphatic rings. The van der Waals surface area contributed by atoms with Crippen molar-refractivity contribution in [2.75, 3.05) is 19.8 Å². The minimum absolute atomic E-state index is 0. The van der Waals surface area contributed by atoms with Crippen LogP contribution < -0.4 is 11.1 Å². The Bertz CT molecular complexity index is 245. The van der Waals surface area contributed by atoms with Gasteiger partial charge in [0.05, 0.1) is 6.04 Å². The molecule has 1 fully saturated rings. The van der Waals surface area contributed by atoms with E-state index in [0.29, 0.717) is 26.1 Å². The monoisotopic (exact) mass is 276 g/mol. The summed E-state index contributed by atoms with van der Waals surface area (Å²) in [5, 5.41) is 1.79. The average Bonchev–Trinajstić information content (AvgIpc) is 2.25. The quantitative estimate of drug-likeness (QED) is 0.803. The van der Waals surface area contributed by atoms with Crippen LogP contribution in [-0.4, -0.2) is 37.9 Å². The number of hydrogen-bond donors (Lipinski definition) is 2. The topological polar surface area (TPSA) is 64.4 Å². The second-order valence-corrected chi connectivity index (χ2v) is 3.81. The lowest BCUT2D eigenvalue weighted by Gasteiger charge is -2.26. The van der Waals surface area contributed by atoms with Gasteiger partial charge in [-0.15, -0.1) is 12.4 Å². The normalized spacial score (nSPS) is 19.3. The molecule has 1 aliphatic heterocycles. The Morgan fingerprint density at radius 1 is 1.41 bits per heavy atom. The molecule has 1 rings (SSSR count). The maximum atomic E-state index is 11.8. The van der Waals surface area contributed by atoms with Gasteiger partial charge in [-0.3, -0.25) is 4.79 Å². The number of rotatable bonds is 3. The number of nitrogens with two attached hydrogens (primary N) is 1. The Morgan fingerprint density at radius 2 is 1.94 bits per heavy atom. The summed E-state index contributed by atoms with van der Waals surface area (Å²) in [7, 11) is 0. The Kier molecular flexibility index (Phi) is 6.81. The molecule has 0 aliphatic carbocycles. The van der Waals surface area contributed by atoms with E-state index in [9.17, 15) is 18.0 Å². The standard InChI is InChI=1S/C9H15F3N2O2.ClH/c10-9(11,12)5-14-8(15)7(13)6-1-3-16-4-2-6;/h6-7H,1-5,13H2,(H,14,15);1H. The average molecular weight is 277 g/mol. The van der Waals surface area contributed by atoms with Crippen LogP contribution in [0.4, 0.5) is 13.2 Å². The summed E-state index contributed by atoms with van der Waals surface area (Å²) in [4.78, 5) is 11.3. The highest BCUT2D eigenvalue weighted by molar-refractivity contribution is 5.85. The van der Waals surface area contributed by atoms with E-state index in [4.69, 9.17) is 10.5 Å². The number of ether oxygens (including phenoxy) is 1. The van der Waals surface area contributed by atoms with Crippen LogP contribution in [0.5, 0.6) is 0 Å². The van der Waals surface area contributed by atoms with E-state index in [0.717, 1.165) is 0 Å². The Balaban J connectivity index is 0.00000256. The van der Waals surface area contributed by atoms with Crippen LogP contribution >= 0.6 is 12.4 Å². The number of carbonyl (C=O) groups excluding carboxylic acids is 1. The number of nitrogens with one attached hydrogen (secondary N) is 1. The minimum Gasteiger partial charge on any atom is -0.381 e. The fraction of sp³-hybridized carbons (Fsp3) is 0.889. The lowest BCUT2D eigenvalue weighted by Crippen LogP contribution is -2.49. The molecule has 1 unspecified atom stereocenters. The Hall–Kier alpha value is -0.530. The third-order valence-corrected chi connectivity index (χ3v) is 2.54. The van der Waals surface area contributed by atoms with Gasteiger partial charge in [0.1, 0.15) is 6.54 Å². The molecule has 4 nitrogen and oxygen atoms in total. The van der Waals surface area contributed by atoms with Crippen molar-refractivity contribution in [3.63, 3.8) is 0 Å². The van der Waals surface area contributed by atoms with Crippen molar-refractivity contribution in [1.29, 1.82) is 0 Å². The smallest absolute Gasteiger partial charge is 0.381 e. The fourth-order valence-corrected chi connectivity index (χ4v) is 1.59. The number of amides is 1. The summed E-state index contributed by atoms with van der Waals surface area (Å²) in [6.45, 7) is -0.321. The van der Waals surface area contributed by atoms with Gasteiger partial charge in [-0.05, 0) is 18.8 Å². The van der Waals surface area contributed by atoms with Crippen LogP contribution in [0.3, 0.4) is 0 Å². The molecular formula is C9H16ClF3N2O2. The zero-order chi connectivity index (χ0) is 12.2. The van der Waals surface area contributed by atoms with Gasteiger partial charge >= 0.3 is 6.18 Å². The Morgan fingerprint density at radius 3 is 2.41 bits per heavy atom. The van der Waals surface area contributed by atoms with Gasteiger partial charge in [0, 0.05) is 13.2 Å². The molecular weight excluding hydrogens is 261 g/mol. The number of alkyl halides is 3. The van der Waals surface area contributed by atoms with Crippen molar-refractivity contribution < 1.29 is 22.7 Å². The third kappa shape index (κ3) is 6.09. The van der Waals surface area contributed by atoms with Gasteiger partial charge in [-0.1, -0.05) is 0 Å². The van der Waals surface area contributed by atoms with Crippen LogP contribution in [0, 0.1) is 5.92 Å². The molecule has 0 aromatic heterocycles. The van der Waals surface area contributed by atoms with Crippen molar-refractivity contribution in [3.05, 3.63) is 0 Å². The van der Waals surface area contributed by atoms with Gasteiger partial charge in [0.2, 0.25) is 5.91 Å². The third-order valence-electron chi connectivity index (χ3n) is 2.54. The molecule has 0 saturated carbocycles. The van der Waals surface area contributed by atoms with Gasteiger partial charge in [0.25, 0.3) is 0 Å². The van der Waals surface area contributed by atoms with Gasteiger partial charge in [-0.2, -0.15) is 13.2 Å². The zero-order valence-corrected chi connectivity index (χ0v) is 9.94. The highest BCUT2D eigenvalue weighted by Crippen LogP contribution is 2.18. The summed E-state index contributed by atoms with van der Waals surface area (Å²) >= 11 is 0. The molecule has 0 spiro atoms. The molecule has 0 radical (unpaired) electrons. The van der Waals surface area contributed by atoms with Crippen molar-refractivity contribution >= 4 is 18.3 Å². The summed E-state index contributed by atoms with van der Waals surface area (Å²) in [6, 6.07) is -0.883. The van der Waals surface area contributed by atoms with Crippen LogP contribution in [0.2, 0.25) is 0 Å². The SMILES string of the molecule is Cl.NC(C(=O)NCC(F)(F)F)C1CCOCC1. The summed E-state index contributed by atoms with van der Waals surface area (Å²) < 4.78 is 40.6. The van der Waals surface area contributed by atoms with Crippen LogP contribution in [-0.2, 0) is 9.53 Å². The van der Waals surface area contributed by atoms with Crippen molar-refractivity contribution in [2.24, 2.45) is 11.7 Å². The Labute approximate surface area is 103 Å². The molecule has 1 atom stereocenters. The van der Waals surface area contributed by atoms with E-state index in [1.165, 1.54) is 0 Å². The number of halogens is 4. The first-order valence-corrected chi connectivity index (χ1v) is 5.08. The van der Waals surface area contributed by atoms with Gasteiger partial charge < -0.3 is 15.8 Å². The molecule has 1 heterocycles. The van der Waals surface area contributed by atoms with Crippen LogP contribution in [0.1, 0.15) is 12.8 Å². The van der Waals surface area contributed by atoms with Crippen molar-refractivity contribution in [3.8, 4) is 0 Å². The van der Waals surface area contributed by atoms with Crippen molar-refractivity contribution in [1.82, 2.24) is 5.32 Å². The highest BCUT2D eigenvalue weighted by Gasteiger charge is 2.31. The van der Waals surface area contributed by atoms with E-state index in [1.54, 1.807) is 5.32 Å². The number of carbonyl (C=O) groups is 1. The first kappa shape index (κ1) is 16.5. The predicted octanol–water partition coefficient (Wildman–Crippen LogP) is 0.841. The number of hydrogen-bond acceptors (Lipinski definition) is 3. The largest absolute Gasteiger partial charge is 0.405 e. The lowest BCUT2D eigenvalue weighted by atomic mass is 9.92. The zero-order valence-electron chi connectivity index (χ0n) is 9.13. The summed E-state index contributed by atoms with van der Waals surface area (Å²) in [6.07, 6.45) is -3.17. The fourth-order valence-electron chi connectivity index (χ4n) is 1.59. The highest BCUT2D eigenvalue weighted by atomic mass is 35.5. The van der Waals surface area contributed by atoms with Crippen molar-refractivity contribution in [2.45, 2.75) is 25.1 Å². The molecule has 0 bridgehead atoms. The first-order valence-electron chi connectivity index (χ1n) is 5.08. The molecule has 0 aromatic rings. The van der Waals surface area contributed by atoms with E-state index in [2.05, 4.69) is 0 Å². The predicted molar refractivity (Wildman–Crippen MR) is 57.8 cm³/mol. The van der Waals surface area contributed by atoms with E-state index in [-0.39, 0.29) is 18.3 Å².